The maximum Gasteiger partial charge on any atom is 0.0300 e. The van der Waals surface area contributed by atoms with Gasteiger partial charge in [0, 0.05) is 24.5 Å². The molecule has 1 aromatic heterocycles. The van der Waals surface area contributed by atoms with Crippen molar-refractivity contribution in [3.63, 3.8) is 0 Å². The Labute approximate surface area is 92.3 Å². The van der Waals surface area contributed by atoms with Gasteiger partial charge >= 0.3 is 0 Å². The molecule has 0 atom stereocenters. The lowest BCUT2D eigenvalue weighted by molar-refractivity contribution is 0.378. The molecule has 0 fully saturated rings. The molecule has 3 heteroatoms. The molecule has 84 valence electrons. The van der Waals surface area contributed by atoms with E-state index < -0.39 is 0 Å². The Morgan fingerprint density at radius 2 is 2.20 bits per heavy atom. The van der Waals surface area contributed by atoms with Crippen LogP contribution >= 0.6 is 0 Å². The zero-order valence-corrected chi connectivity index (χ0v) is 9.88. The van der Waals surface area contributed by atoms with Crippen LogP contribution in [0.25, 0.3) is 0 Å². The van der Waals surface area contributed by atoms with E-state index >= 15 is 0 Å². The Bertz CT molecular complexity index is 269. The van der Waals surface area contributed by atoms with Crippen LogP contribution in [0.4, 0.5) is 0 Å². The number of rotatable bonds is 6. The molecule has 0 amide bonds. The Morgan fingerprint density at radius 1 is 1.40 bits per heavy atom. The van der Waals surface area contributed by atoms with Crippen molar-refractivity contribution >= 4 is 0 Å². The van der Waals surface area contributed by atoms with Crippen molar-refractivity contribution in [3.05, 3.63) is 30.1 Å². The predicted octanol–water partition coefficient (Wildman–Crippen LogP) is 1.21. The monoisotopic (exact) mass is 207 g/mol. The fraction of sp³-hybridized carbons (Fsp3) is 0.583. The molecule has 3 nitrogen and oxygen atoms in total. The van der Waals surface area contributed by atoms with Gasteiger partial charge in [-0.3, -0.25) is 4.98 Å². The van der Waals surface area contributed by atoms with Crippen LogP contribution in [0.5, 0.6) is 0 Å². The van der Waals surface area contributed by atoms with E-state index in [1.807, 2.05) is 25.5 Å². The SMILES string of the molecule is CNCC(C)(C)NCCc1cccnc1. The number of nitrogens with zero attached hydrogens (tertiary/aromatic N) is 1. The molecule has 15 heavy (non-hydrogen) atoms. The van der Waals surface area contributed by atoms with E-state index in [4.69, 9.17) is 0 Å². The molecule has 0 bridgehead atoms. The second-order valence-electron chi connectivity index (χ2n) is 4.45. The average Bonchev–Trinajstić information content (AvgIpc) is 2.19. The lowest BCUT2D eigenvalue weighted by Gasteiger charge is -2.26. The summed E-state index contributed by atoms with van der Waals surface area (Å²) in [6.45, 7) is 6.36. The number of pyridine rings is 1. The summed E-state index contributed by atoms with van der Waals surface area (Å²) in [7, 11) is 1.98. The van der Waals surface area contributed by atoms with Crippen molar-refractivity contribution in [2.45, 2.75) is 25.8 Å². The smallest absolute Gasteiger partial charge is 0.0300 e. The molecular weight excluding hydrogens is 186 g/mol. The molecule has 0 radical (unpaired) electrons. The number of aromatic nitrogens is 1. The van der Waals surface area contributed by atoms with Crippen LogP contribution in [0.3, 0.4) is 0 Å². The molecule has 0 aliphatic carbocycles. The highest BCUT2D eigenvalue weighted by atomic mass is 15.0. The maximum atomic E-state index is 4.10. The Kier molecular flexibility index (Phi) is 4.72. The number of nitrogens with one attached hydrogen (secondary N) is 2. The minimum Gasteiger partial charge on any atom is -0.318 e. The van der Waals surface area contributed by atoms with Gasteiger partial charge in [-0.05, 0) is 45.5 Å². The second-order valence-corrected chi connectivity index (χ2v) is 4.45. The minimum atomic E-state index is 0.150. The van der Waals surface area contributed by atoms with Crippen molar-refractivity contribution in [1.82, 2.24) is 15.6 Å². The van der Waals surface area contributed by atoms with Crippen LogP contribution in [0, 0.1) is 0 Å². The first kappa shape index (κ1) is 12.1. The average molecular weight is 207 g/mol. The van der Waals surface area contributed by atoms with Crippen molar-refractivity contribution < 1.29 is 0 Å². The molecule has 0 saturated carbocycles. The van der Waals surface area contributed by atoms with E-state index in [-0.39, 0.29) is 5.54 Å². The summed E-state index contributed by atoms with van der Waals surface area (Å²) >= 11 is 0. The van der Waals surface area contributed by atoms with Gasteiger partial charge in [0.15, 0.2) is 0 Å². The molecular formula is C12H21N3. The third kappa shape index (κ3) is 4.91. The van der Waals surface area contributed by atoms with Crippen molar-refractivity contribution in [2.24, 2.45) is 0 Å². The summed E-state index contributed by atoms with van der Waals surface area (Å²) in [4.78, 5) is 4.10. The number of hydrogen-bond donors (Lipinski definition) is 2. The highest BCUT2D eigenvalue weighted by Gasteiger charge is 2.14. The lowest BCUT2D eigenvalue weighted by atomic mass is 10.1. The third-order valence-corrected chi connectivity index (χ3v) is 2.36. The van der Waals surface area contributed by atoms with E-state index in [2.05, 4.69) is 35.5 Å². The Hall–Kier alpha value is -0.930. The van der Waals surface area contributed by atoms with Crippen LogP contribution in [-0.4, -0.2) is 30.7 Å². The Morgan fingerprint density at radius 3 is 2.80 bits per heavy atom. The topological polar surface area (TPSA) is 37.0 Å². The van der Waals surface area contributed by atoms with Gasteiger partial charge in [0.25, 0.3) is 0 Å². The van der Waals surface area contributed by atoms with Gasteiger partial charge in [0.1, 0.15) is 0 Å². The van der Waals surface area contributed by atoms with Gasteiger partial charge in [-0.15, -0.1) is 0 Å². The van der Waals surface area contributed by atoms with Crippen molar-refractivity contribution in [2.75, 3.05) is 20.1 Å². The van der Waals surface area contributed by atoms with Crippen molar-refractivity contribution in [3.8, 4) is 0 Å². The molecule has 0 aromatic carbocycles. The Balaban J connectivity index is 2.27. The largest absolute Gasteiger partial charge is 0.318 e. The maximum absolute atomic E-state index is 4.10. The summed E-state index contributed by atoms with van der Waals surface area (Å²) < 4.78 is 0. The summed E-state index contributed by atoms with van der Waals surface area (Å²) in [6, 6.07) is 4.09. The molecule has 0 spiro atoms. The normalized spacial score (nSPS) is 11.7. The quantitative estimate of drug-likeness (QED) is 0.736. The first-order valence-electron chi connectivity index (χ1n) is 5.42. The number of likely N-dealkylation sites (N-methyl/N-ethyl adjacent to an activating group) is 1. The summed E-state index contributed by atoms with van der Waals surface area (Å²) in [5, 5.41) is 6.70. The molecule has 1 heterocycles. The third-order valence-electron chi connectivity index (χ3n) is 2.36. The predicted molar refractivity (Wildman–Crippen MR) is 63.9 cm³/mol. The zero-order valence-electron chi connectivity index (χ0n) is 9.88. The lowest BCUT2D eigenvalue weighted by Crippen LogP contribution is -2.47. The van der Waals surface area contributed by atoms with E-state index in [9.17, 15) is 0 Å². The van der Waals surface area contributed by atoms with Gasteiger partial charge in [-0.1, -0.05) is 6.07 Å². The zero-order chi connectivity index (χ0) is 11.1. The van der Waals surface area contributed by atoms with E-state index in [0.29, 0.717) is 0 Å². The highest BCUT2D eigenvalue weighted by Crippen LogP contribution is 2.01. The van der Waals surface area contributed by atoms with Crippen LogP contribution in [-0.2, 0) is 6.42 Å². The first-order chi connectivity index (χ1) is 7.14. The van der Waals surface area contributed by atoms with Gasteiger partial charge in [-0.2, -0.15) is 0 Å². The summed E-state index contributed by atoms with van der Waals surface area (Å²) in [5.74, 6) is 0. The van der Waals surface area contributed by atoms with Crippen LogP contribution in [0.15, 0.2) is 24.5 Å². The highest BCUT2D eigenvalue weighted by molar-refractivity contribution is 5.08. The van der Waals surface area contributed by atoms with Crippen LogP contribution < -0.4 is 10.6 Å². The van der Waals surface area contributed by atoms with Gasteiger partial charge in [-0.25, -0.2) is 0 Å². The van der Waals surface area contributed by atoms with Gasteiger partial charge in [0.05, 0.1) is 0 Å². The molecule has 0 unspecified atom stereocenters. The van der Waals surface area contributed by atoms with E-state index in [1.165, 1.54) is 5.56 Å². The molecule has 1 aromatic rings. The molecule has 2 N–H and O–H groups in total. The van der Waals surface area contributed by atoms with Crippen molar-refractivity contribution in [1.29, 1.82) is 0 Å². The molecule has 0 saturated heterocycles. The second kappa shape index (κ2) is 5.83. The minimum absolute atomic E-state index is 0.150. The molecule has 0 aliphatic rings. The standard InChI is InChI=1S/C12H21N3/c1-12(2,10-13-3)15-8-6-11-5-4-7-14-9-11/h4-5,7,9,13,15H,6,8,10H2,1-3H3. The fourth-order valence-corrected chi connectivity index (χ4v) is 1.60. The molecule has 0 aliphatic heterocycles. The summed E-state index contributed by atoms with van der Waals surface area (Å²) in [5.41, 5.74) is 1.43. The van der Waals surface area contributed by atoms with E-state index in [0.717, 1.165) is 19.5 Å². The molecule has 1 rings (SSSR count). The van der Waals surface area contributed by atoms with Gasteiger partial charge < -0.3 is 10.6 Å². The number of hydrogen-bond acceptors (Lipinski definition) is 3. The first-order valence-corrected chi connectivity index (χ1v) is 5.42. The summed E-state index contributed by atoms with van der Waals surface area (Å²) in [6.07, 6.45) is 4.76. The van der Waals surface area contributed by atoms with E-state index in [1.54, 1.807) is 0 Å². The van der Waals surface area contributed by atoms with Crippen LogP contribution in [0.1, 0.15) is 19.4 Å². The van der Waals surface area contributed by atoms with Crippen LogP contribution in [0.2, 0.25) is 0 Å². The van der Waals surface area contributed by atoms with Gasteiger partial charge in [0.2, 0.25) is 0 Å². The fourth-order valence-electron chi connectivity index (χ4n) is 1.60.